The average molecular weight is 269 g/mol. The summed E-state index contributed by atoms with van der Waals surface area (Å²) < 4.78 is 10.5. The zero-order valence-corrected chi connectivity index (χ0v) is 10.7. The first-order valence-electron chi connectivity index (χ1n) is 5.82. The van der Waals surface area contributed by atoms with E-state index in [1.165, 1.54) is 6.07 Å². The minimum absolute atomic E-state index is 0.0290. The lowest BCUT2D eigenvalue weighted by molar-refractivity contribution is -0.386. The first kappa shape index (κ1) is 14.7. The Balaban J connectivity index is 3.36. The van der Waals surface area contributed by atoms with E-state index in [1.54, 1.807) is 6.92 Å². The van der Waals surface area contributed by atoms with E-state index in [-0.39, 0.29) is 30.3 Å². The SMILES string of the molecule is CCCOc1c(OCC)cc(C(=O)O)cc1[N+](=O)[O-]. The van der Waals surface area contributed by atoms with Gasteiger partial charge in [0.1, 0.15) is 0 Å². The van der Waals surface area contributed by atoms with Crippen LogP contribution in [-0.2, 0) is 0 Å². The largest absolute Gasteiger partial charge is 0.490 e. The van der Waals surface area contributed by atoms with E-state index in [0.717, 1.165) is 6.07 Å². The van der Waals surface area contributed by atoms with Crippen molar-refractivity contribution in [1.29, 1.82) is 0 Å². The van der Waals surface area contributed by atoms with Crippen LogP contribution in [0.25, 0.3) is 0 Å². The molecule has 0 saturated heterocycles. The molecule has 0 spiro atoms. The highest BCUT2D eigenvalue weighted by atomic mass is 16.6. The van der Waals surface area contributed by atoms with Crippen LogP contribution in [0.15, 0.2) is 12.1 Å². The van der Waals surface area contributed by atoms with Crippen LogP contribution < -0.4 is 9.47 Å². The first-order valence-corrected chi connectivity index (χ1v) is 5.82. The number of hydrogen-bond acceptors (Lipinski definition) is 5. The van der Waals surface area contributed by atoms with Gasteiger partial charge in [-0.3, -0.25) is 10.1 Å². The summed E-state index contributed by atoms with van der Waals surface area (Å²) >= 11 is 0. The van der Waals surface area contributed by atoms with E-state index >= 15 is 0 Å². The molecular formula is C12H15NO6. The number of nitro benzene ring substituents is 1. The van der Waals surface area contributed by atoms with Crippen LogP contribution in [0.5, 0.6) is 11.5 Å². The third-order valence-corrected chi connectivity index (χ3v) is 2.23. The van der Waals surface area contributed by atoms with Crippen molar-refractivity contribution in [3.8, 4) is 11.5 Å². The van der Waals surface area contributed by atoms with E-state index in [9.17, 15) is 14.9 Å². The molecule has 7 nitrogen and oxygen atoms in total. The number of hydrogen-bond donors (Lipinski definition) is 1. The molecule has 0 aliphatic carbocycles. The Bertz CT molecular complexity index is 485. The Morgan fingerprint density at radius 1 is 1.37 bits per heavy atom. The first-order chi connectivity index (χ1) is 9.01. The van der Waals surface area contributed by atoms with Crippen molar-refractivity contribution in [2.45, 2.75) is 20.3 Å². The van der Waals surface area contributed by atoms with Crippen molar-refractivity contribution in [2.24, 2.45) is 0 Å². The fourth-order valence-corrected chi connectivity index (χ4v) is 1.46. The van der Waals surface area contributed by atoms with Crippen LogP contribution in [0.3, 0.4) is 0 Å². The fraction of sp³-hybridized carbons (Fsp3) is 0.417. The Morgan fingerprint density at radius 3 is 2.53 bits per heavy atom. The highest BCUT2D eigenvalue weighted by Crippen LogP contribution is 2.38. The van der Waals surface area contributed by atoms with Crippen LogP contribution in [-0.4, -0.2) is 29.2 Å². The molecule has 0 fully saturated rings. The third kappa shape index (κ3) is 3.57. The predicted molar refractivity (Wildman–Crippen MR) is 67.0 cm³/mol. The van der Waals surface area contributed by atoms with Gasteiger partial charge in [-0.25, -0.2) is 4.79 Å². The van der Waals surface area contributed by atoms with Gasteiger partial charge in [0.05, 0.1) is 23.7 Å². The zero-order chi connectivity index (χ0) is 14.4. The Hall–Kier alpha value is -2.31. The van der Waals surface area contributed by atoms with Gasteiger partial charge < -0.3 is 14.6 Å². The van der Waals surface area contributed by atoms with Crippen LogP contribution in [0.1, 0.15) is 30.6 Å². The van der Waals surface area contributed by atoms with E-state index in [4.69, 9.17) is 14.6 Å². The van der Waals surface area contributed by atoms with Crippen LogP contribution in [0.4, 0.5) is 5.69 Å². The molecule has 19 heavy (non-hydrogen) atoms. The van der Waals surface area contributed by atoms with Gasteiger partial charge in [0, 0.05) is 6.07 Å². The molecule has 1 rings (SSSR count). The molecule has 7 heteroatoms. The number of ether oxygens (including phenoxy) is 2. The minimum atomic E-state index is -1.26. The topological polar surface area (TPSA) is 98.9 Å². The number of aromatic carboxylic acids is 1. The van der Waals surface area contributed by atoms with Gasteiger partial charge in [-0.2, -0.15) is 0 Å². The van der Waals surface area contributed by atoms with Crippen LogP contribution >= 0.6 is 0 Å². The molecule has 0 aliphatic rings. The number of rotatable bonds is 7. The number of nitrogens with zero attached hydrogens (tertiary/aromatic N) is 1. The van der Waals surface area contributed by atoms with Crippen molar-refractivity contribution in [3.63, 3.8) is 0 Å². The van der Waals surface area contributed by atoms with Crippen molar-refractivity contribution >= 4 is 11.7 Å². The molecule has 1 aromatic carbocycles. The summed E-state index contributed by atoms with van der Waals surface area (Å²) in [5.74, 6) is -1.22. The van der Waals surface area contributed by atoms with E-state index in [1.807, 2.05) is 6.92 Å². The summed E-state index contributed by atoms with van der Waals surface area (Å²) in [7, 11) is 0. The van der Waals surface area contributed by atoms with E-state index in [2.05, 4.69) is 0 Å². The Kier molecular flexibility index (Phi) is 5.11. The maximum atomic E-state index is 11.0. The maximum Gasteiger partial charge on any atom is 0.336 e. The summed E-state index contributed by atoms with van der Waals surface area (Å²) in [6.45, 7) is 4.09. The van der Waals surface area contributed by atoms with Gasteiger partial charge in [-0.15, -0.1) is 0 Å². The second kappa shape index (κ2) is 6.58. The monoisotopic (exact) mass is 269 g/mol. The molecule has 1 aromatic rings. The normalized spacial score (nSPS) is 10.0. The summed E-state index contributed by atoms with van der Waals surface area (Å²) in [5, 5.41) is 19.9. The molecule has 0 aromatic heterocycles. The van der Waals surface area contributed by atoms with Gasteiger partial charge >= 0.3 is 11.7 Å². The average Bonchev–Trinajstić information content (AvgIpc) is 2.36. The standard InChI is InChI=1S/C12H15NO6/c1-3-5-19-11-9(13(16)17)6-8(12(14)15)7-10(11)18-4-2/h6-7H,3-5H2,1-2H3,(H,14,15). The zero-order valence-electron chi connectivity index (χ0n) is 10.7. The second-order valence-corrected chi connectivity index (χ2v) is 3.67. The number of carboxylic acid groups (broad SMARTS) is 1. The molecule has 0 aliphatic heterocycles. The fourth-order valence-electron chi connectivity index (χ4n) is 1.46. The lowest BCUT2D eigenvalue weighted by Gasteiger charge is -2.12. The van der Waals surface area contributed by atoms with Crippen molar-refractivity contribution in [3.05, 3.63) is 27.8 Å². The van der Waals surface area contributed by atoms with Crippen LogP contribution in [0, 0.1) is 10.1 Å². The van der Waals surface area contributed by atoms with Crippen LogP contribution in [0.2, 0.25) is 0 Å². The number of carbonyl (C=O) groups is 1. The third-order valence-electron chi connectivity index (χ3n) is 2.23. The molecule has 0 atom stereocenters. The van der Waals surface area contributed by atoms with Crippen molar-refractivity contribution < 1.29 is 24.3 Å². The summed E-state index contributed by atoms with van der Waals surface area (Å²) in [6.07, 6.45) is 0.670. The highest BCUT2D eigenvalue weighted by Gasteiger charge is 2.24. The Morgan fingerprint density at radius 2 is 2.05 bits per heavy atom. The molecule has 0 amide bonds. The summed E-state index contributed by atoms with van der Waals surface area (Å²) in [4.78, 5) is 21.3. The highest BCUT2D eigenvalue weighted by molar-refractivity contribution is 5.90. The van der Waals surface area contributed by atoms with Crippen molar-refractivity contribution in [1.82, 2.24) is 0 Å². The number of carboxylic acids is 1. The molecule has 0 saturated carbocycles. The number of benzene rings is 1. The van der Waals surface area contributed by atoms with Crippen molar-refractivity contribution in [2.75, 3.05) is 13.2 Å². The molecule has 0 bridgehead atoms. The van der Waals surface area contributed by atoms with Gasteiger partial charge in [0.2, 0.25) is 5.75 Å². The molecule has 0 heterocycles. The van der Waals surface area contributed by atoms with E-state index in [0.29, 0.717) is 6.42 Å². The molecule has 0 unspecified atom stereocenters. The smallest absolute Gasteiger partial charge is 0.336 e. The van der Waals surface area contributed by atoms with Gasteiger partial charge in [0.25, 0.3) is 0 Å². The second-order valence-electron chi connectivity index (χ2n) is 3.67. The lowest BCUT2D eigenvalue weighted by atomic mass is 10.1. The molecule has 0 radical (unpaired) electrons. The molecule has 104 valence electrons. The molecular weight excluding hydrogens is 254 g/mol. The Labute approximate surface area is 109 Å². The number of nitro groups is 1. The van der Waals surface area contributed by atoms with E-state index < -0.39 is 16.6 Å². The molecule has 1 N–H and O–H groups in total. The maximum absolute atomic E-state index is 11.0. The van der Waals surface area contributed by atoms with Gasteiger partial charge in [-0.1, -0.05) is 6.92 Å². The predicted octanol–water partition coefficient (Wildman–Crippen LogP) is 2.48. The van der Waals surface area contributed by atoms with Gasteiger partial charge in [0.15, 0.2) is 5.75 Å². The minimum Gasteiger partial charge on any atom is -0.490 e. The summed E-state index contributed by atoms with van der Waals surface area (Å²) in [6, 6.07) is 2.19. The lowest BCUT2D eigenvalue weighted by Crippen LogP contribution is -2.06. The quantitative estimate of drug-likeness (QED) is 0.603. The summed E-state index contributed by atoms with van der Waals surface area (Å²) in [5.41, 5.74) is -0.615. The van der Waals surface area contributed by atoms with Gasteiger partial charge in [-0.05, 0) is 19.4 Å².